The molecule has 0 saturated carbocycles. The number of hydrogen-bond acceptors (Lipinski definition) is 3. The van der Waals surface area contributed by atoms with Crippen molar-refractivity contribution < 1.29 is 9.59 Å². The van der Waals surface area contributed by atoms with E-state index in [1.54, 1.807) is 17.0 Å². The molecule has 1 aromatic heterocycles. The maximum Gasteiger partial charge on any atom is 0.255 e. The van der Waals surface area contributed by atoms with Crippen LogP contribution in [0.15, 0.2) is 41.1 Å². The Morgan fingerprint density at radius 1 is 1.17 bits per heavy atom. The molecule has 0 atom stereocenters. The smallest absolute Gasteiger partial charge is 0.255 e. The minimum absolute atomic E-state index is 0.0397. The van der Waals surface area contributed by atoms with Gasteiger partial charge in [-0.2, -0.15) is 11.3 Å². The number of carbonyl (C=O) groups excluding carboxylic acids is 2. The van der Waals surface area contributed by atoms with Crippen molar-refractivity contribution in [2.75, 3.05) is 13.1 Å². The molecule has 0 bridgehead atoms. The Morgan fingerprint density at radius 3 is 2.57 bits per heavy atom. The van der Waals surface area contributed by atoms with Crippen LogP contribution in [0.4, 0.5) is 0 Å². The van der Waals surface area contributed by atoms with E-state index in [2.05, 4.69) is 5.32 Å². The molecule has 2 amide bonds. The highest BCUT2D eigenvalue weighted by atomic mass is 35.5. The van der Waals surface area contributed by atoms with Gasteiger partial charge in [0.15, 0.2) is 0 Å². The molecule has 3 rings (SSSR count). The summed E-state index contributed by atoms with van der Waals surface area (Å²) in [7, 11) is 0. The lowest BCUT2D eigenvalue weighted by Crippen LogP contribution is -2.46. The Hall–Kier alpha value is -1.85. The third kappa shape index (κ3) is 3.74. The summed E-state index contributed by atoms with van der Waals surface area (Å²) < 4.78 is 0. The van der Waals surface area contributed by atoms with Crippen molar-refractivity contribution >= 4 is 34.8 Å². The number of thiophene rings is 1. The average molecular weight is 349 g/mol. The van der Waals surface area contributed by atoms with Gasteiger partial charge in [-0.05, 0) is 36.4 Å². The summed E-state index contributed by atoms with van der Waals surface area (Å²) in [6, 6.07) is 9.02. The Labute approximate surface area is 144 Å². The predicted octanol–water partition coefficient (Wildman–Crippen LogP) is 3.44. The molecule has 0 spiro atoms. The van der Waals surface area contributed by atoms with E-state index < -0.39 is 0 Å². The topological polar surface area (TPSA) is 49.4 Å². The van der Waals surface area contributed by atoms with E-state index in [-0.39, 0.29) is 17.9 Å². The van der Waals surface area contributed by atoms with Crippen LogP contribution in [0, 0.1) is 0 Å². The number of likely N-dealkylation sites (tertiary alicyclic amines) is 1. The van der Waals surface area contributed by atoms with Gasteiger partial charge in [0.1, 0.15) is 0 Å². The quantitative estimate of drug-likeness (QED) is 0.923. The number of amides is 2. The second-order valence-electron chi connectivity index (χ2n) is 5.53. The van der Waals surface area contributed by atoms with Gasteiger partial charge in [-0.3, -0.25) is 9.59 Å². The number of nitrogens with one attached hydrogen (secondary N) is 1. The largest absolute Gasteiger partial charge is 0.349 e. The summed E-state index contributed by atoms with van der Waals surface area (Å²) in [5, 5.41) is 7.24. The van der Waals surface area contributed by atoms with E-state index in [1.807, 2.05) is 29.0 Å². The van der Waals surface area contributed by atoms with Gasteiger partial charge < -0.3 is 10.2 Å². The van der Waals surface area contributed by atoms with E-state index in [0.717, 1.165) is 12.8 Å². The van der Waals surface area contributed by atoms with Gasteiger partial charge in [0.05, 0.1) is 10.6 Å². The average Bonchev–Trinajstić information content (AvgIpc) is 3.10. The third-order valence-corrected chi connectivity index (χ3v) is 5.02. The van der Waals surface area contributed by atoms with Crippen molar-refractivity contribution in [1.82, 2.24) is 10.2 Å². The fourth-order valence-corrected chi connectivity index (χ4v) is 3.55. The lowest BCUT2D eigenvalue weighted by Gasteiger charge is -2.32. The highest BCUT2D eigenvalue weighted by molar-refractivity contribution is 7.08. The molecule has 1 aliphatic heterocycles. The Bertz CT molecular complexity index is 694. The number of piperidine rings is 1. The summed E-state index contributed by atoms with van der Waals surface area (Å²) in [4.78, 5) is 26.3. The fraction of sp³-hybridized carbons (Fsp3) is 0.294. The first kappa shape index (κ1) is 16.0. The van der Waals surface area contributed by atoms with E-state index in [0.29, 0.717) is 29.2 Å². The molecule has 23 heavy (non-hydrogen) atoms. The SMILES string of the molecule is O=C(NC1CCN(C(=O)c2ccccc2Cl)CC1)c1ccsc1. The molecule has 2 heterocycles. The first-order chi connectivity index (χ1) is 11.1. The van der Waals surface area contributed by atoms with Gasteiger partial charge in [-0.25, -0.2) is 0 Å². The molecule has 1 saturated heterocycles. The lowest BCUT2D eigenvalue weighted by atomic mass is 10.0. The molecular weight excluding hydrogens is 332 g/mol. The second-order valence-corrected chi connectivity index (χ2v) is 6.72. The maximum atomic E-state index is 12.5. The van der Waals surface area contributed by atoms with Crippen LogP contribution in [0.3, 0.4) is 0 Å². The number of halogens is 1. The molecule has 1 fully saturated rings. The van der Waals surface area contributed by atoms with Crippen molar-refractivity contribution in [3.05, 3.63) is 57.2 Å². The van der Waals surface area contributed by atoms with E-state index in [9.17, 15) is 9.59 Å². The zero-order chi connectivity index (χ0) is 16.2. The van der Waals surface area contributed by atoms with Crippen LogP contribution in [0.1, 0.15) is 33.6 Å². The van der Waals surface area contributed by atoms with Gasteiger partial charge in [-0.1, -0.05) is 23.7 Å². The van der Waals surface area contributed by atoms with Crippen LogP contribution in [0.5, 0.6) is 0 Å². The number of hydrogen-bond donors (Lipinski definition) is 1. The van der Waals surface area contributed by atoms with E-state index in [1.165, 1.54) is 11.3 Å². The van der Waals surface area contributed by atoms with Crippen molar-refractivity contribution in [1.29, 1.82) is 0 Å². The molecular formula is C17H17ClN2O2S. The Balaban J connectivity index is 1.55. The summed E-state index contributed by atoms with van der Waals surface area (Å²) in [5.74, 6) is -0.0830. The van der Waals surface area contributed by atoms with Crippen molar-refractivity contribution in [2.24, 2.45) is 0 Å². The molecule has 1 aliphatic rings. The van der Waals surface area contributed by atoms with Crippen LogP contribution in [-0.2, 0) is 0 Å². The minimum atomic E-state index is -0.0433. The molecule has 4 nitrogen and oxygen atoms in total. The third-order valence-electron chi connectivity index (χ3n) is 4.01. The van der Waals surface area contributed by atoms with E-state index in [4.69, 9.17) is 11.6 Å². The molecule has 1 aromatic carbocycles. The summed E-state index contributed by atoms with van der Waals surface area (Å²) >= 11 is 7.60. The van der Waals surface area contributed by atoms with Crippen molar-refractivity contribution in [3.8, 4) is 0 Å². The van der Waals surface area contributed by atoms with Crippen LogP contribution in [-0.4, -0.2) is 35.8 Å². The van der Waals surface area contributed by atoms with Crippen LogP contribution < -0.4 is 5.32 Å². The monoisotopic (exact) mass is 348 g/mol. The normalized spacial score (nSPS) is 15.4. The van der Waals surface area contributed by atoms with Crippen molar-refractivity contribution in [3.63, 3.8) is 0 Å². The van der Waals surface area contributed by atoms with Gasteiger partial charge in [0.2, 0.25) is 0 Å². The number of nitrogens with zero attached hydrogens (tertiary/aromatic N) is 1. The summed E-state index contributed by atoms with van der Waals surface area (Å²) in [6.07, 6.45) is 1.51. The molecule has 0 unspecified atom stereocenters. The number of rotatable bonds is 3. The van der Waals surface area contributed by atoms with Gasteiger partial charge in [-0.15, -0.1) is 0 Å². The molecule has 0 aliphatic carbocycles. The van der Waals surface area contributed by atoms with Crippen LogP contribution in [0.2, 0.25) is 5.02 Å². The van der Waals surface area contributed by atoms with Crippen LogP contribution >= 0.6 is 22.9 Å². The Kier molecular flexibility index (Phi) is 4.98. The minimum Gasteiger partial charge on any atom is -0.349 e. The summed E-state index contributed by atoms with van der Waals surface area (Å²) in [5.41, 5.74) is 1.24. The lowest BCUT2D eigenvalue weighted by molar-refractivity contribution is 0.0698. The zero-order valence-electron chi connectivity index (χ0n) is 12.5. The van der Waals surface area contributed by atoms with Gasteiger partial charge in [0.25, 0.3) is 11.8 Å². The summed E-state index contributed by atoms with van der Waals surface area (Å²) in [6.45, 7) is 1.25. The zero-order valence-corrected chi connectivity index (χ0v) is 14.1. The molecule has 120 valence electrons. The van der Waals surface area contributed by atoms with Gasteiger partial charge >= 0.3 is 0 Å². The number of benzene rings is 1. The standard InChI is InChI=1S/C17H17ClN2O2S/c18-15-4-2-1-3-14(15)17(22)20-8-5-13(6-9-20)19-16(21)12-7-10-23-11-12/h1-4,7,10-11,13H,5-6,8-9H2,(H,19,21). The van der Waals surface area contributed by atoms with Crippen molar-refractivity contribution in [2.45, 2.75) is 18.9 Å². The van der Waals surface area contributed by atoms with E-state index >= 15 is 0 Å². The molecule has 2 aromatic rings. The second kappa shape index (κ2) is 7.15. The first-order valence-corrected chi connectivity index (χ1v) is 8.84. The molecule has 6 heteroatoms. The highest BCUT2D eigenvalue weighted by Crippen LogP contribution is 2.20. The van der Waals surface area contributed by atoms with Crippen LogP contribution in [0.25, 0.3) is 0 Å². The number of carbonyl (C=O) groups is 2. The molecule has 0 radical (unpaired) electrons. The predicted molar refractivity (Wildman–Crippen MR) is 92.2 cm³/mol. The maximum absolute atomic E-state index is 12.5. The fourth-order valence-electron chi connectivity index (χ4n) is 2.69. The molecule has 1 N–H and O–H groups in total. The highest BCUT2D eigenvalue weighted by Gasteiger charge is 2.25. The first-order valence-electron chi connectivity index (χ1n) is 7.52. The van der Waals surface area contributed by atoms with Gasteiger partial charge in [0, 0.05) is 30.1 Å². The Morgan fingerprint density at radius 2 is 1.91 bits per heavy atom.